The van der Waals surface area contributed by atoms with Gasteiger partial charge < -0.3 is 19.9 Å². The number of nitrogens with one attached hydrogen (secondary N) is 1. The lowest BCUT2D eigenvalue weighted by atomic mass is 9.98. The van der Waals surface area contributed by atoms with Crippen LogP contribution in [0.2, 0.25) is 0 Å². The zero-order chi connectivity index (χ0) is 21.1. The lowest BCUT2D eigenvalue weighted by Crippen LogP contribution is -2.41. The van der Waals surface area contributed by atoms with Crippen LogP contribution >= 0.6 is 0 Å². The minimum atomic E-state index is -0.119. The number of carbonyl (C=O) groups is 1. The molecule has 1 aromatic heterocycles. The fourth-order valence-electron chi connectivity index (χ4n) is 4.22. The van der Waals surface area contributed by atoms with Gasteiger partial charge in [-0.15, -0.1) is 0 Å². The average molecular weight is 410 g/mol. The van der Waals surface area contributed by atoms with Crippen LogP contribution in [-0.4, -0.2) is 47.1 Å². The molecular formula is C23H31N5O2. The molecule has 0 unspecified atom stereocenters. The molecule has 2 aromatic rings. The number of benzene rings is 1. The number of ether oxygens (including phenoxy) is 1. The number of fused-ring (bicyclic) bond motifs is 1. The van der Waals surface area contributed by atoms with Crippen molar-refractivity contribution in [2.75, 3.05) is 36.5 Å². The molecule has 0 atom stereocenters. The highest BCUT2D eigenvalue weighted by molar-refractivity contribution is 5.91. The van der Waals surface area contributed by atoms with Crippen molar-refractivity contribution in [3.05, 3.63) is 41.3 Å². The lowest BCUT2D eigenvalue weighted by Gasteiger charge is -2.36. The highest BCUT2D eigenvalue weighted by atomic mass is 16.5. The maximum Gasteiger partial charge on any atom is 0.322 e. The van der Waals surface area contributed by atoms with E-state index in [9.17, 15) is 4.79 Å². The van der Waals surface area contributed by atoms with Crippen LogP contribution < -0.4 is 15.0 Å². The summed E-state index contributed by atoms with van der Waals surface area (Å²) in [5.74, 6) is 3.27. The summed E-state index contributed by atoms with van der Waals surface area (Å²) in [6, 6.07) is 7.43. The summed E-state index contributed by atoms with van der Waals surface area (Å²) < 4.78 is 5.64. The van der Waals surface area contributed by atoms with Crippen molar-refractivity contribution in [1.82, 2.24) is 14.9 Å². The number of nitrogens with zero attached hydrogens (tertiary/aromatic N) is 4. The van der Waals surface area contributed by atoms with Gasteiger partial charge in [0.1, 0.15) is 17.4 Å². The van der Waals surface area contributed by atoms with Crippen LogP contribution in [0.3, 0.4) is 0 Å². The number of urea groups is 1. The Balaban J connectivity index is 1.53. The van der Waals surface area contributed by atoms with Gasteiger partial charge in [0.2, 0.25) is 0 Å². The smallest absolute Gasteiger partial charge is 0.322 e. The molecule has 4 rings (SSSR count). The molecule has 2 aliphatic heterocycles. The van der Waals surface area contributed by atoms with Crippen LogP contribution in [0.1, 0.15) is 43.8 Å². The van der Waals surface area contributed by atoms with E-state index in [0.717, 1.165) is 48.3 Å². The Morgan fingerprint density at radius 1 is 1.20 bits per heavy atom. The highest BCUT2D eigenvalue weighted by Crippen LogP contribution is 2.31. The first-order chi connectivity index (χ1) is 14.5. The summed E-state index contributed by atoms with van der Waals surface area (Å²) in [4.78, 5) is 26.7. The molecule has 1 aromatic carbocycles. The standard InChI is InChI=1S/C23H31N5O2/c1-4-30-21-8-6-5-7-20(21)26-23(29)28-14-11-19-18(15-28)22(25-17(3)24-19)27-12-9-16(2)10-13-27/h5-8,16H,4,9-15H2,1-3H3,(H,26,29). The van der Waals surface area contributed by atoms with Gasteiger partial charge in [-0.2, -0.15) is 0 Å². The monoisotopic (exact) mass is 409 g/mol. The topological polar surface area (TPSA) is 70.6 Å². The Morgan fingerprint density at radius 2 is 1.97 bits per heavy atom. The molecular weight excluding hydrogens is 378 g/mol. The van der Waals surface area contributed by atoms with Gasteiger partial charge in [-0.05, 0) is 44.7 Å². The number of para-hydroxylation sites is 2. The first kappa shape index (κ1) is 20.4. The Labute approximate surface area is 178 Å². The second-order valence-electron chi connectivity index (χ2n) is 8.22. The number of anilines is 2. The lowest BCUT2D eigenvalue weighted by molar-refractivity contribution is 0.205. The first-order valence-corrected chi connectivity index (χ1v) is 10.9. The van der Waals surface area contributed by atoms with E-state index in [2.05, 4.69) is 22.1 Å². The SMILES string of the molecule is CCOc1ccccc1NC(=O)N1CCc2nc(C)nc(N3CCC(C)CC3)c2C1. The molecule has 160 valence electrons. The maximum atomic E-state index is 13.0. The molecule has 1 fully saturated rings. The molecule has 7 nitrogen and oxygen atoms in total. The number of rotatable bonds is 4. The largest absolute Gasteiger partial charge is 0.492 e. The molecule has 0 aliphatic carbocycles. The fourth-order valence-corrected chi connectivity index (χ4v) is 4.22. The number of hydrogen-bond acceptors (Lipinski definition) is 5. The second kappa shape index (κ2) is 8.90. The van der Waals surface area contributed by atoms with E-state index in [1.54, 1.807) is 0 Å². The fraction of sp³-hybridized carbons (Fsp3) is 0.522. The van der Waals surface area contributed by atoms with Crippen molar-refractivity contribution in [3.63, 3.8) is 0 Å². The molecule has 30 heavy (non-hydrogen) atoms. The summed E-state index contributed by atoms with van der Waals surface area (Å²) in [6.07, 6.45) is 3.10. The number of hydrogen-bond donors (Lipinski definition) is 1. The Morgan fingerprint density at radius 3 is 2.73 bits per heavy atom. The van der Waals surface area contributed by atoms with E-state index in [4.69, 9.17) is 9.72 Å². The summed E-state index contributed by atoms with van der Waals surface area (Å²) in [5, 5.41) is 3.02. The molecule has 1 N–H and O–H groups in total. The molecule has 1 saturated heterocycles. The second-order valence-corrected chi connectivity index (χ2v) is 8.22. The number of carbonyl (C=O) groups excluding carboxylic acids is 1. The van der Waals surface area contributed by atoms with E-state index >= 15 is 0 Å². The number of piperidine rings is 1. The van der Waals surface area contributed by atoms with E-state index < -0.39 is 0 Å². The molecule has 0 bridgehead atoms. The minimum Gasteiger partial charge on any atom is -0.492 e. The van der Waals surface area contributed by atoms with Crippen molar-refractivity contribution in [1.29, 1.82) is 0 Å². The molecule has 7 heteroatoms. The average Bonchev–Trinajstić information content (AvgIpc) is 2.75. The third-order valence-electron chi connectivity index (χ3n) is 5.95. The van der Waals surface area contributed by atoms with Gasteiger partial charge in [0.15, 0.2) is 0 Å². The van der Waals surface area contributed by atoms with E-state index in [1.165, 1.54) is 12.8 Å². The van der Waals surface area contributed by atoms with Crippen LogP contribution in [0.25, 0.3) is 0 Å². The normalized spacial score (nSPS) is 16.9. The molecule has 0 radical (unpaired) electrons. The van der Waals surface area contributed by atoms with Crippen LogP contribution in [0.4, 0.5) is 16.3 Å². The van der Waals surface area contributed by atoms with Crippen LogP contribution in [0.5, 0.6) is 5.75 Å². The Hall–Kier alpha value is -2.83. The summed E-state index contributed by atoms with van der Waals surface area (Å²) in [7, 11) is 0. The van der Waals surface area contributed by atoms with Crippen molar-refractivity contribution in [2.45, 2.75) is 46.6 Å². The highest BCUT2D eigenvalue weighted by Gasteiger charge is 2.28. The molecule has 0 saturated carbocycles. The summed E-state index contributed by atoms with van der Waals surface area (Å²) in [5.41, 5.74) is 2.87. The van der Waals surface area contributed by atoms with Crippen molar-refractivity contribution >= 4 is 17.5 Å². The van der Waals surface area contributed by atoms with Gasteiger partial charge in [-0.25, -0.2) is 14.8 Å². The molecule has 3 heterocycles. The Bertz CT molecular complexity index is 908. The number of aryl methyl sites for hydroxylation is 1. The predicted molar refractivity (Wildman–Crippen MR) is 118 cm³/mol. The van der Waals surface area contributed by atoms with Gasteiger partial charge in [0.25, 0.3) is 0 Å². The molecule has 0 spiro atoms. The maximum absolute atomic E-state index is 13.0. The van der Waals surface area contributed by atoms with E-state index in [0.29, 0.717) is 31.1 Å². The van der Waals surface area contributed by atoms with Crippen LogP contribution in [-0.2, 0) is 13.0 Å². The van der Waals surface area contributed by atoms with Crippen molar-refractivity contribution in [2.24, 2.45) is 5.92 Å². The molecule has 2 aliphatic rings. The van der Waals surface area contributed by atoms with Gasteiger partial charge >= 0.3 is 6.03 Å². The Kier molecular flexibility index (Phi) is 6.06. The number of amides is 2. The van der Waals surface area contributed by atoms with Crippen LogP contribution in [0, 0.1) is 12.8 Å². The van der Waals surface area contributed by atoms with E-state index in [-0.39, 0.29) is 6.03 Å². The van der Waals surface area contributed by atoms with Gasteiger partial charge in [-0.3, -0.25) is 0 Å². The third kappa shape index (κ3) is 4.35. The summed E-state index contributed by atoms with van der Waals surface area (Å²) in [6.45, 7) is 9.95. The number of aromatic nitrogens is 2. The zero-order valence-electron chi connectivity index (χ0n) is 18.1. The minimum absolute atomic E-state index is 0.119. The third-order valence-corrected chi connectivity index (χ3v) is 5.95. The van der Waals surface area contributed by atoms with Crippen molar-refractivity contribution in [3.8, 4) is 5.75 Å². The van der Waals surface area contributed by atoms with Gasteiger partial charge in [0.05, 0.1) is 24.5 Å². The van der Waals surface area contributed by atoms with Gasteiger partial charge in [0, 0.05) is 31.6 Å². The quantitative estimate of drug-likeness (QED) is 0.826. The first-order valence-electron chi connectivity index (χ1n) is 10.9. The molecule has 2 amide bonds. The zero-order valence-corrected chi connectivity index (χ0v) is 18.1. The van der Waals surface area contributed by atoms with Gasteiger partial charge in [-0.1, -0.05) is 19.1 Å². The van der Waals surface area contributed by atoms with Crippen LogP contribution in [0.15, 0.2) is 24.3 Å². The predicted octanol–water partition coefficient (Wildman–Crippen LogP) is 4.01. The summed E-state index contributed by atoms with van der Waals surface area (Å²) >= 11 is 0. The van der Waals surface area contributed by atoms with E-state index in [1.807, 2.05) is 43.0 Å². The van der Waals surface area contributed by atoms with Crippen molar-refractivity contribution < 1.29 is 9.53 Å².